The molecule has 17 heavy (non-hydrogen) atoms. The van der Waals surface area contributed by atoms with E-state index in [0.717, 1.165) is 29.7 Å². The molecule has 3 rings (SSSR count). The predicted molar refractivity (Wildman–Crippen MR) is 68.9 cm³/mol. The molecule has 4 heteroatoms. The summed E-state index contributed by atoms with van der Waals surface area (Å²) >= 11 is 3.41. The first-order valence-electron chi connectivity index (χ1n) is 5.78. The Bertz CT molecular complexity index is 498. The minimum absolute atomic E-state index is 0.0921. The molecule has 1 N–H and O–H groups in total. The van der Waals surface area contributed by atoms with Crippen molar-refractivity contribution in [3.8, 4) is 0 Å². The van der Waals surface area contributed by atoms with E-state index in [1.54, 1.807) is 12.1 Å². The fourth-order valence-corrected chi connectivity index (χ4v) is 3.08. The van der Waals surface area contributed by atoms with Crippen LogP contribution in [0.1, 0.15) is 24.8 Å². The first-order valence-corrected chi connectivity index (χ1v) is 6.58. The summed E-state index contributed by atoms with van der Waals surface area (Å²) in [5.41, 5.74) is 3.41. The van der Waals surface area contributed by atoms with Crippen LogP contribution in [0.5, 0.6) is 0 Å². The number of nitrogens with one attached hydrogen (secondary N) is 1. The van der Waals surface area contributed by atoms with Crippen LogP contribution in [0.25, 0.3) is 0 Å². The van der Waals surface area contributed by atoms with Crippen LogP contribution in [0.15, 0.2) is 34.1 Å². The van der Waals surface area contributed by atoms with Crippen LogP contribution < -0.4 is 5.32 Å². The van der Waals surface area contributed by atoms with Crippen LogP contribution >= 0.6 is 15.9 Å². The lowest BCUT2D eigenvalue weighted by molar-refractivity contribution is 0.397. The van der Waals surface area contributed by atoms with Crippen LogP contribution in [-0.4, -0.2) is 18.1 Å². The van der Waals surface area contributed by atoms with Gasteiger partial charge in [-0.1, -0.05) is 15.9 Å². The van der Waals surface area contributed by atoms with Crippen molar-refractivity contribution in [3.05, 3.63) is 45.4 Å². The molecule has 0 amide bonds. The van der Waals surface area contributed by atoms with Crippen molar-refractivity contribution in [2.45, 2.75) is 19.3 Å². The molecule has 0 aliphatic carbocycles. The van der Waals surface area contributed by atoms with E-state index >= 15 is 0 Å². The zero-order valence-electron chi connectivity index (χ0n) is 9.63. The summed E-state index contributed by atoms with van der Waals surface area (Å²) in [6, 6.07) is 5.20. The van der Waals surface area contributed by atoms with Crippen LogP contribution in [0.3, 0.4) is 0 Å². The van der Waals surface area contributed by atoms with E-state index in [2.05, 4.69) is 33.1 Å². The number of nitrogens with zero attached hydrogens (tertiary/aromatic N) is 1. The van der Waals surface area contributed by atoms with Gasteiger partial charge in [-0.25, -0.2) is 4.39 Å². The lowest BCUT2D eigenvalue weighted by Gasteiger charge is -2.14. The number of hydrogen-bond acceptors (Lipinski definition) is 2. The minimum Gasteiger partial charge on any atom is -0.370 e. The van der Waals surface area contributed by atoms with E-state index in [1.165, 1.54) is 11.4 Å². The second-order valence-electron chi connectivity index (χ2n) is 4.70. The molecular formula is C13H14BrFN2. The van der Waals surface area contributed by atoms with Crippen molar-refractivity contribution >= 4 is 15.9 Å². The Labute approximate surface area is 109 Å². The Hall–Kier alpha value is -1.03. The second-order valence-corrected chi connectivity index (χ2v) is 5.61. The van der Waals surface area contributed by atoms with E-state index in [-0.39, 0.29) is 11.7 Å². The number of benzene rings is 1. The van der Waals surface area contributed by atoms with Gasteiger partial charge in [0.2, 0.25) is 0 Å². The average molecular weight is 297 g/mol. The van der Waals surface area contributed by atoms with Gasteiger partial charge in [0.15, 0.2) is 0 Å². The maximum absolute atomic E-state index is 13.8. The van der Waals surface area contributed by atoms with Gasteiger partial charge < -0.3 is 10.2 Å². The lowest BCUT2D eigenvalue weighted by atomic mass is 9.97. The van der Waals surface area contributed by atoms with Gasteiger partial charge in [-0.15, -0.1) is 0 Å². The number of rotatable bonds is 1. The molecule has 2 heterocycles. The molecule has 0 spiro atoms. The fraction of sp³-hybridized carbons (Fsp3) is 0.385. The summed E-state index contributed by atoms with van der Waals surface area (Å²) in [5.74, 6) is 0.185. The van der Waals surface area contributed by atoms with Crippen LogP contribution in [-0.2, 0) is 0 Å². The summed E-state index contributed by atoms with van der Waals surface area (Å²) in [7, 11) is 0. The zero-order chi connectivity index (χ0) is 12.0. The molecule has 1 atom stereocenters. The Morgan fingerprint density at radius 1 is 1.47 bits per heavy atom. The lowest BCUT2D eigenvalue weighted by Crippen LogP contribution is -2.22. The maximum Gasteiger partial charge on any atom is 0.126 e. The first-order chi connectivity index (χ1) is 8.15. The molecule has 1 fully saturated rings. The second kappa shape index (κ2) is 4.02. The van der Waals surface area contributed by atoms with Crippen molar-refractivity contribution in [1.29, 1.82) is 0 Å². The molecule has 2 nitrogen and oxygen atoms in total. The van der Waals surface area contributed by atoms with E-state index in [1.807, 2.05) is 6.07 Å². The summed E-state index contributed by atoms with van der Waals surface area (Å²) in [4.78, 5) is 2.31. The minimum atomic E-state index is -0.0921. The van der Waals surface area contributed by atoms with Gasteiger partial charge in [0.25, 0.3) is 0 Å². The van der Waals surface area contributed by atoms with Crippen molar-refractivity contribution in [2.24, 2.45) is 0 Å². The largest absolute Gasteiger partial charge is 0.370 e. The van der Waals surface area contributed by atoms with Gasteiger partial charge >= 0.3 is 0 Å². The van der Waals surface area contributed by atoms with Crippen LogP contribution in [0, 0.1) is 5.82 Å². The monoisotopic (exact) mass is 296 g/mol. The normalized spacial score (nSPS) is 23.0. The molecule has 0 unspecified atom stereocenters. The van der Waals surface area contributed by atoms with Crippen molar-refractivity contribution in [1.82, 2.24) is 10.2 Å². The number of allylic oxidation sites excluding steroid dienone is 2. The summed E-state index contributed by atoms with van der Waals surface area (Å²) < 4.78 is 14.8. The average Bonchev–Trinajstić information content (AvgIpc) is 2.85. The molecule has 1 saturated heterocycles. The Morgan fingerprint density at radius 2 is 2.29 bits per heavy atom. The Balaban J connectivity index is 1.92. The highest BCUT2D eigenvalue weighted by Gasteiger charge is 2.33. The zero-order valence-corrected chi connectivity index (χ0v) is 11.2. The molecule has 1 aromatic rings. The summed E-state index contributed by atoms with van der Waals surface area (Å²) in [5, 5.41) is 3.32. The highest BCUT2D eigenvalue weighted by molar-refractivity contribution is 9.10. The highest BCUT2D eigenvalue weighted by atomic mass is 79.9. The molecule has 0 aromatic heterocycles. The molecule has 2 aliphatic rings. The molecule has 2 aliphatic heterocycles. The van der Waals surface area contributed by atoms with Gasteiger partial charge in [-0.05, 0) is 37.1 Å². The third kappa shape index (κ3) is 1.84. The van der Waals surface area contributed by atoms with Crippen LogP contribution in [0.4, 0.5) is 4.39 Å². The molecule has 0 radical (unpaired) electrons. The summed E-state index contributed by atoms with van der Waals surface area (Å²) in [6.07, 6.45) is 0.937. The quantitative estimate of drug-likeness (QED) is 0.856. The van der Waals surface area contributed by atoms with Gasteiger partial charge in [0, 0.05) is 28.3 Å². The van der Waals surface area contributed by atoms with Crippen molar-refractivity contribution in [3.63, 3.8) is 0 Å². The third-order valence-corrected chi connectivity index (χ3v) is 4.12. The van der Waals surface area contributed by atoms with E-state index in [0.29, 0.717) is 0 Å². The van der Waals surface area contributed by atoms with Gasteiger partial charge in [0.1, 0.15) is 5.82 Å². The number of fused-ring (bicyclic) bond motifs is 1. The third-order valence-electron chi connectivity index (χ3n) is 3.63. The predicted octanol–water partition coefficient (Wildman–Crippen LogP) is 3.17. The van der Waals surface area contributed by atoms with Crippen LogP contribution in [0.2, 0.25) is 0 Å². The first kappa shape index (κ1) is 11.1. The van der Waals surface area contributed by atoms with E-state index in [9.17, 15) is 4.39 Å². The van der Waals surface area contributed by atoms with Gasteiger partial charge in [-0.3, -0.25) is 0 Å². The van der Waals surface area contributed by atoms with Gasteiger partial charge in [0.05, 0.1) is 6.67 Å². The highest BCUT2D eigenvalue weighted by Crippen LogP contribution is 2.38. The smallest absolute Gasteiger partial charge is 0.126 e. The topological polar surface area (TPSA) is 15.3 Å². The SMILES string of the molecule is CC1=C2C[C@@H](c3cc(Br)ccc3F)CN2CN1. The Morgan fingerprint density at radius 3 is 3.06 bits per heavy atom. The van der Waals surface area contributed by atoms with Gasteiger partial charge in [-0.2, -0.15) is 0 Å². The van der Waals surface area contributed by atoms with E-state index in [4.69, 9.17) is 0 Å². The van der Waals surface area contributed by atoms with E-state index < -0.39 is 0 Å². The van der Waals surface area contributed by atoms with Crippen molar-refractivity contribution in [2.75, 3.05) is 13.2 Å². The molecular weight excluding hydrogens is 283 g/mol. The molecule has 0 saturated carbocycles. The molecule has 0 bridgehead atoms. The standard InChI is InChI=1S/C13H14BrFN2/c1-8-13-4-9(6-17(13)7-16-8)11-5-10(14)2-3-12(11)15/h2-3,5,9,16H,4,6-7H2,1H3/t9-/m1/s1. The molecule has 90 valence electrons. The van der Waals surface area contributed by atoms with Crippen molar-refractivity contribution < 1.29 is 4.39 Å². The number of hydrogen-bond donors (Lipinski definition) is 1. The number of halogens is 2. The maximum atomic E-state index is 13.8. The fourth-order valence-electron chi connectivity index (χ4n) is 2.71. The summed E-state index contributed by atoms with van der Waals surface area (Å²) in [6.45, 7) is 3.87. The Kier molecular flexibility index (Phi) is 2.62. The molecule has 1 aromatic carbocycles.